The van der Waals surface area contributed by atoms with Gasteiger partial charge in [0.25, 0.3) is 0 Å². The number of halogens is 1. The molecule has 1 aromatic heterocycles. The van der Waals surface area contributed by atoms with Crippen LogP contribution >= 0.6 is 23.4 Å². The highest BCUT2D eigenvalue weighted by atomic mass is 35.5. The maximum absolute atomic E-state index is 9.36. The second-order valence-corrected chi connectivity index (χ2v) is 5.73. The molecule has 0 atom stereocenters. The Hall–Kier alpha value is -2.21. The molecule has 0 fully saturated rings. The predicted molar refractivity (Wildman–Crippen MR) is 84.9 cm³/mol. The smallest absolute Gasteiger partial charge is 0.117 e. The molecule has 0 spiro atoms. The summed E-state index contributed by atoms with van der Waals surface area (Å²) in [6, 6.07) is 11.2. The van der Waals surface area contributed by atoms with E-state index in [1.807, 2.05) is 25.1 Å². The molecule has 1 heterocycles. The summed E-state index contributed by atoms with van der Waals surface area (Å²) in [6.45, 7) is 1.96. The molecule has 0 saturated heterocycles. The van der Waals surface area contributed by atoms with Gasteiger partial charge in [-0.1, -0.05) is 36.7 Å². The summed E-state index contributed by atoms with van der Waals surface area (Å²) in [6.07, 6.45) is 0. The van der Waals surface area contributed by atoms with Crippen molar-refractivity contribution in [1.29, 1.82) is 10.5 Å². The molecule has 6 heteroatoms. The summed E-state index contributed by atoms with van der Waals surface area (Å²) in [5, 5.41) is 19.6. The average Bonchev–Trinajstić information content (AvgIpc) is 2.48. The number of hydrogen-bond acceptors (Lipinski definition) is 5. The van der Waals surface area contributed by atoms with Crippen LogP contribution in [0, 0.1) is 22.7 Å². The van der Waals surface area contributed by atoms with Crippen LogP contribution in [0.3, 0.4) is 0 Å². The summed E-state index contributed by atoms with van der Waals surface area (Å²) < 4.78 is 0. The third-order valence-electron chi connectivity index (χ3n) is 2.84. The van der Waals surface area contributed by atoms with Crippen LogP contribution in [-0.2, 0) is 0 Å². The number of rotatable bonds is 3. The SMILES string of the molecule is CCSc1nc(-c2ccccc2Cl)c(C#N)c(N)c1C#N. The van der Waals surface area contributed by atoms with Gasteiger partial charge < -0.3 is 5.73 Å². The Morgan fingerprint density at radius 3 is 2.48 bits per heavy atom. The molecule has 0 aliphatic carbocycles. The van der Waals surface area contributed by atoms with Crippen molar-refractivity contribution >= 4 is 29.1 Å². The van der Waals surface area contributed by atoms with E-state index in [0.717, 1.165) is 5.75 Å². The molecule has 2 aromatic rings. The first-order valence-corrected chi connectivity index (χ1v) is 7.51. The first-order valence-electron chi connectivity index (χ1n) is 6.15. The second kappa shape index (κ2) is 6.49. The summed E-state index contributed by atoms with van der Waals surface area (Å²) in [4.78, 5) is 4.45. The molecule has 2 N–H and O–H groups in total. The van der Waals surface area contributed by atoms with Gasteiger partial charge in [0.1, 0.15) is 28.3 Å². The van der Waals surface area contributed by atoms with Gasteiger partial charge in [0, 0.05) is 5.56 Å². The van der Waals surface area contributed by atoms with Crippen LogP contribution in [0.4, 0.5) is 5.69 Å². The molecule has 2 rings (SSSR count). The van der Waals surface area contributed by atoms with E-state index >= 15 is 0 Å². The van der Waals surface area contributed by atoms with Crippen molar-refractivity contribution in [3.63, 3.8) is 0 Å². The molecule has 21 heavy (non-hydrogen) atoms. The maximum Gasteiger partial charge on any atom is 0.117 e. The minimum Gasteiger partial charge on any atom is -0.396 e. The lowest BCUT2D eigenvalue weighted by molar-refractivity contribution is 1.11. The van der Waals surface area contributed by atoms with E-state index in [1.165, 1.54) is 11.8 Å². The number of benzene rings is 1. The molecule has 0 saturated carbocycles. The number of nitrogen functional groups attached to an aromatic ring is 1. The molecule has 104 valence electrons. The lowest BCUT2D eigenvalue weighted by atomic mass is 10.0. The molecular formula is C15H11ClN4S. The number of aromatic nitrogens is 1. The van der Waals surface area contributed by atoms with Crippen molar-refractivity contribution in [3.05, 3.63) is 40.4 Å². The van der Waals surface area contributed by atoms with Gasteiger partial charge in [0.15, 0.2) is 0 Å². The number of anilines is 1. The molecule has 0 aliphatic rings. The highest BCUT2D eigenvalue weighted by Crippen LogP contribution is 2.36. The maximum atomic E-state index is 9.36. The van der Waals surface area contributed by atoms with Crippen LogP contribution in [-0.4, -0.2) is 10.7 Å². The first kappa shape index (κ1) is 15.2. The van der Waals surface area contributed by atoms with Crippen molar-refractivity contribution in [2.24, 2.45) is 0 Å². The van der Waals surface area contributed by atoms with Crippen LogP contribution in [0.15, 0.2) is 29.3 Å². The van der Waals surface area contributed by atoms with Crippen molar-refractivity contribution in [2.45, 2.75) is 11.9 Å². The molecular weight excluding hydrogens is 304 g/mol. The van der Waals surface area contributed by atoms with Gasteiger partial charge in [-0.2, -0.15) is 10.5 Å². The van der Waals surface area contributed by atoms with Crippen molar-refractivity contribution in [1.82, 2.24) is 4.98 Å². The summed E-state index contributed by atoms with van der Waals surface area (Å²) in [5.74, 6) is 0.745. The van der Waals surface area contributed by atoms with E-state index in [2.05, 4.69) is 4.98 Å². The van der Waals surface area contributed by atoms with Gasteiger partial charge in [0.05, 0.1) is 16.4 Å². The summed E-state index contributed by atoms with van der Waals surface area (Å²) in [5.41, 5.74) is 7.60. The fourth-order valence-corrected chi connectivity index (χ4v) is 2.85. The van der Waals surface area contributed by atoms with E-state index in [-0.39, 0.29) is 16.8 Å². The second-order valence-electron chi connectivity index (χ2n) is 4.07. The van der Waals surface area contributed by atoms with Gasteiger partial charge in [-0.15, -0.1) is 11.8 Å². The topological polar surface area (TPSA) is 86.5 Å². The summed E-state index contributed by atoms with van der Waals surface area (Å²) >= 11 is 7.59. The number of thioether (sulfide) groups is 1. The molecule has 0 aliphatic heterocycles. The van der Waals surface area contributed by atoms with E-state index in [0.29, 0.717) is 21.3 Å². The van der Waals surface area contributed by atoms with Crippen molar-refractivity contribution in [2.75, 3.05) is 11.5 Å². The monoisotopic (exact) mass is 314 g/mol. The first-order chi connectivity index (χ1) is 10.1. The molecule has 4 nitrogen and oxygen atoms in total. The highest BCUT2D eigenvalue weighted by Gasteiger charge is 2.20. The van der Waals surface area contributed by atoms with Gasteiger partial charge in [0.2, 0.25) is 0 Å². The third kappa shape index (κ3) is 2.80. The fourth-order valence-electron chi connectivity index (χ4n) is 1.89. The Balaban J connectivity index is 2.81. The van der Waals surface area contributed by atoms with E-state index in [1.54, 1.807) is 18.2 Å². The lowest BCUT2D eigenvalue weighted by Crippen LogP contribution is -2.03. The van der Waals surface area contributed by atoms with Gasteiger partial charge in [-0.05, 0) is 11.8 Å². The van der Waals surface area contributed by atoms with Crippen molar-refractivity contribution in [3.8, 4) is 23.4 Å². The zero-order chi connectivity index (χ0) is 15.4. The minimum absolute atomic E-state index is 0.154. The number of hydrogen-bond donors (Lipinski definition) is 1. The molecule has 1 aromatic carbocycles. The zero-order valence-corrected chi connectivity index (χ0v) is 12.8. The van der Waals surface area contributed by atoms with Crippen LogP contribution in [0.1, 0.15) is 18.1 Å². The van der Waals surface area contributed by atoms with Gasteiger partial charge in [-0.25, -0.2) is 4.98 Å². The molecule has 0 unspecified atom stereocenters. The Morgan fingerprint density at radius 1 is 1.24 bits per heavy atom. The molecule has 0 radical (unpaired) electrons. The largest absolute Gasteiger partial charge is 0.396 e. The highest BCUT2D eigenvalue weighted by molar-refractivity contribution is 7.99. The third-order valence-corrected chi connectivity index (χ3v) is 4.02. The molecule has 0 amide bonds. The van der Waals surface area contributed by atoms with Gasteiger partial charge in [-0.3, -0.25) is 0 Å². The van der Waals surface area contributed by atoms with E-state index in [4.69, 9.17) is 17.3 Å². The van der Waals surface area contributed by atoms with Gasteiger partial charge >= 0.3 is 0 Å². The Labute approximate surface area is 132 Å². The molecule has 0 bridgehead atoms. The lowest BCUT2D eigenvalue weighted by Gasteiger charge is -2.12. The number of nitriles is 2. The average molecular weight is 315 g/mol. The zero-order valence-electron chi connectivity index (χ0n) is 11.2. The van der Waals surface area contributed by atoms with Crippen LogP contribution in [0.5, 0.6) is 0 Å². The Morgan fingerprint density at radius 2 is 1.90 bits per heavy atom. The Bertz CT molecular complexity index is 774. The fraction of sp³-hybridized carbons (Fsp3) is 0.133. The predicted octanol–water partition coefficient (Wildman–Crippen LogP) is 3.84. The van der Waals surface area contributed by atoms with E-state index < -0.39 is 0 Å². The Kier molecular flexibility index (Phi) is 4.70. The normalized spacial score (nSPS) is 9.90. The van der Waals surface area contributed by atoms with Crippen LogP contribution in [0.25, 0.3) is 11.3 Å². The quantitative estimate of drug-likeness (QED) is 0.870. The number of nitrogens with two attached hydrogens (primary N) is 1. The number of nitrogens with zero attached hydrogens (tertiary/aromatic N) is 3. The minimum atomic E-state index is 0.154. The van der Waals surface area contributed by atoms with Crippen LogP contribution < -0.4 is 5.73 Å². The standard InChI is InChI=1S/C15H11ClN4S/c1-2-21-15-11(8-18)13(19)10(7-17)14(20-15)9-5-3-4-6-12(9)16/h3-6H,2H2,1H3,(H2,19,20). The summed E-state index contributed by atoms with van der Waals surface area (Å²) in [7, 11) is 0. The van der Waals surface area contributed by atoms with Crippen LogP contribution in [0.2, 0.25) is 5.02 Å². The van der Waals surface area contributed by atoms with Crippen molar-refractivity contribution < 1.29 is 0 Å². The van der Waals surface area contributed by atoms with E-state index in [9.17, 15) is 10.5 Å². The number of pyridine rings is 1.